The first-order valence-corrected chi connectivity index (χ1v) is 7.52. The van der Waals surface area contributed by atoms with Crippen LogP contribution in [0.4, 0.5) is 15.1 Å². The van der Waals surface area contributed by atoms with Gasteiger partial charge < -0.3 is 14.5 Å². The van der Waals surface area contributed by atoms with Crippen LogP contribution in [0.15, 0.2) is 4.79 Å². The molecular formula is C15H23FN4O3. The van der Waals surface area contributed by atoms with Crippen LogP contribution in [0.5, 0.6) is 0 Å². The molecule has 0 atom stereocenters. The molecule has 1 N–H and O–H groups in total. The molecule has 1 aromatic rings. The van der Waals surface area contributed by atoms with Gasteiger partial charge >= 0.3 is 6.09 Å². The van der Waals surface area contributed by atoms with Gasteiger partial charge in [0, 0.05) is 32.6 Å². The van der Waals surface area contributed by atoms with Crippen molar-refractivity contribution >= 4 is 12.0 Å². The molecule has 0 spiro atoms. The summed E-state index contributed by atoms with van der Waals surface area (Å²) in [5, 5.41) is 0. The zero-order chi connectivity index (χ0) is 17.4. The molecule has 23 heavy (non-hydrogen) atoms. The summed E-state index contributed by atoms with van der Waals surface area (Å²) in [5.41, 5.74) is -1.21. The molecule has 0 bridgehead atoms. The van der Waals surface area contributed by atoms with E-state index in [0.29, 0.717) is 25.6 Å². The number of hydrogen-bond donors (Lipinski definition) is 1. The number of ether oxygens (including phenoxy) is 1. The molecule has 1 aromatic heterocycles. The molecular weight excluding hydrogens is 303 g/mol. The summed E-state index contributed by atoms with van der Waals surface area (Å²) in [5.74, 6) is -0.283. The van der Waals surface area contributed by atoms with Crippen molar-refractivity contribution in [3.05, 3.63) is 21.9 Å². The van der Waals surface area contributed by atoms with E-state index >= 15 is 0 Å². The minimum absolute atomic E-state index is 0.0691. The quantitative estimate of drug-likeness (QED) is 0.911. The maximum atomic E-state index is 13.3. The van der Waals surface area contributed by atoms with Gasteiger partial charge in [-0.3, -0.25) is 9.78 Å². The van der Waals surface area contributed by atoms with Gasteiger partial charge in [0.1, 0.15) is 5.60 Å². The van der Waals surface area contributed by atoms with Crippen molar-refractivity contribution in [3.8, 4) is 0 Å². The largest absolute Gasteiger partial charge is 0.444 e. The Hall–Kier alpha value is -2.12. The number of hydrogen-bond acceptors (Lipinski definition) is 5. The average molecular weight is 326 g/mol. The Balaban J connectivity index is 1.88. The van der Waals surface area contributed by atoms with Gasteiger partial charge in [-0.25, -0.2) is 9.78 Å². The fourth-order valence-electron chi connectivity index (χ4n) is 2.37. The number of carbonyl (C=O) groups is 1. The van der Waals surface area contributed by atoms with E-state index in [1.54, 1.807) is 16.8 Å². The predicted octanol–water partition coefficient (Wildman–Crippen LogP) is 1.52. The molecule has 1 saturated heterocycles. The van der Waals surface area contributed by atoms with Crippen LogP contribution in [-0.4, -0.2) is 53.2 Å². The monoisotopic (exact) mass is 326 g/mol. The number of anilines is 1. The molecule has 1 aliphatic rings. The molecule has 0 aromatic carbocycles. The molecule has 0 radical (unpaired) electrons. The molecule has 128 valence electrons. The van der Waals surface area contributed by atoms with Gasteiger partial charge in [-0.2, -0.15) is 4.39 Å². The molecule has 0 aliphatic carbocycles. The maximum absolute atomic E-state index is 13.3. The summed E-state index contributed by atoms with van der Waals surface area (Å²) in [6, 6.07) is 0. The molecule has 7 nitrogen and oxygen atoms in total. The van der Waals surface area contributed by atoms with Crippen LogP contribution >= 0.6 is 0 Å². The molecule has 8 heteroatoms. The second-order valence-corrected chi connectivity index (χ2v) is 6.92. The Morgan fingerprint density at radius 3 is 2.61 bits per heavy atom. The number of amides is 1. The standard InChI is InChI=1S/C15H23FN4O3/c1-9-11(16)12(21)18-13(17-9)19(5)6-10-7-20(8-10)14(22)23-15(2,3)4/h10H,6-8H2,1-5H3,(H,17,18,21). The molecule has 2 rings (SSSR count). The molecule has 2 heterocycles. The highest BCUT2D eigenvalue weighted by atomic mass is 19.1. The number of aryl methyl sites for hydroxylation is 1. The minimum atomic E-state index is -0.859. The first kappa shape index (κ1) is 17.2. The number of aromatic nitrogens is 2. The van der Waals surface area contributed by atoms with Crippen molar-refractivity contribution in [1.82, 2.24) is 14.9 Å². The highest BCUT2D eigenvalue weighted by Crippen LogP contribution is 2.21. The Morgan fingerprint density at radius 2 is 2.09 bits per heavy atom. The highest BCUT2D eigenvalue weighted by molar-refractivity contribution is 5.69. The maximum Gasteiger partial charge on any atom is 0.410 e. The van der Waals surface area contributed by atoms with E-state index in [1.165, 1.54) is 6.92 Å². The summed E-state index contributed by atoms with van der Waals surface area (Å²) in [6.07, 6.45) is -0.319. The van der Waals surface area contributed by atoms with E-state index in [1.807, 2.05) is 20.8 Å². The van der Waals surface area contributed by atoms with E-state index in [9.17, 15) is 14.0 Å². The Kier molecular flexibility index (Phi) is 4.63. The first-order chi connectivity index (χ1) is 10.6. The normalized spacial score (nSPS) is 15.3. The summed E-state index contributed by atoms with van der Waals surface area (Å²) in [7, 11) is 1.77. The number of likely N-dealkylation sites (tertiary alicyclic amines) is 1. The highest BCUT2D eigenvalue weighted by Gasteiger charge is 2.34. The lowest BCUT2D eigenvalue weighted by atomic mass is 10.0. The summed E-state index contributed by atoms with van der Waals surface area (Å²) in [6.45, 7) is 8.72. The fraction of sp³-hybridized carbons (Fsp3) is 0.667. The SMILES string of the molecule is Cc1nc(N(C)CC2CN(C(=O)OC(C)(C)C)C2)[nH]c(=O)c1F. The van der Waals surface area contributed by atoms with E-state index in [4.69, 9.17) is 4.74 Å². The van der Waals surface area contributed by atoms with Crippen LogP contribution in [0, 0.1) is 18.7 Å². The Labute approximate surface area is 134 Å². The second-order valence-electron chi connectivity index (χ2n) is 6.92. The molecule has 1 aliphatic heterocycles. The molecule has 0 unspecified atom stereocenters. The molecule has 1 amide bonds. The van der Waals surface area contributed by atoms with Crippen molar-refractivity contribution in [3.63, 3.8) is 0 Å². The van der Waals surface area contributed by atoms with Crippen LogP contribution in [0.2, 0.25) is 0 Å². The van der Waals surface area contributed by atoms with Crippen LogP contribution < -0.4 is 10.5 Å². The van der Waals surface area contributed by atoms with Crippen molar-refractivity contribution in [2.24, 2.45) is 5.92 Å². The number of carbonyl (C=O) groups excluding carboxylic acids is 1. The van der Waals surface area contributed by atoms with E-state index in [2.05, 4.69) is 9.97 Å². The van der Waals surface area contributed by atoms with Crippen molar-refractivity contribution < 1.29 is 13.9 Å². The zero-order valence-electron chi connectivity index (χ0n) is 14.1. The minimum Gasteiger partial charge on any atom is -0.444 e. The van der Waals surface area contributed by atoms with Gasteiger partial charge in [-0.05, 0) is 27.7 Å². The lowest BCUT2D eigenvalue weighted by Crippen LogP contribution is -2.54. The summed E-state index contributed by atoms with van der Waals surface area (Å²) < 4.78 is 18.6. The number of halogens is 1. The first-order valence-electron chi connectivity index (χ1n) is 7.52. The number of nitrogens with one attached hydrogen (secondary N) is 1. The van der Waals surface area contributed by atoms with Gasteiger partial charge in [0.15, 0.2) is 0 Å². The molecule has 0 saturated carbocycles. The number of rotatable bonds is 3. The third-order valence-corrected chi connectivity index (χ3v) is 3.52. The van der Waals surface area contributed by atoms with Crippen molar-refractivity contribution in [1.29, 1.82) is 0 Å². The van der Waals surface area contributed by atoms with Gasteiger partial charge in [0.05, 0.1) is 5.69 Å². The third kappa shape index (κ3) is 4.20. The van der Waals surface area contributed by atoms with Gasteiger partial charge in [0.2, 0.25) is 11.8 Å². The summed E-state index contributed by atoms with van der Waals surface area (Å²) in [4.78, 5) is 33.1. The topological polar surface area (TPSA) is 78.5 Å². The predicted molar refractivity (Wildman–Crippen MR) is 84.1 cm³/mol. The second kappa shape index (κ2) is 6.17. The van der Waals surface area contributed by atoms with Crippen molar-refractivity contribution in [2.75, 3.05) is 31.6 Å². The number of nitrogens with zero attached hydrogens (tertiary/aromatic N) is 3. The van der Waals surface area contributed by atoms with Crippen LogP contribution in [0.1, 0.15) is 26.5 Å². The van der Waals surface area contributed by atoms with Crippen molar-refractivity contribution in [2.45, 2.75) is 33.3 Å². The van der Waals surface area contributed by atoms with E-state index in [-0.39, 0.29) is 17.7 Å². The Bertz CT molecular complexity index is 647. The number of H-pyrrole nitrogens is 1. The Morgan fingerprint density at radius 1 is 1.48 bits per heavy atom. The van der Waals surface area contributed by atoms with Crippen LogP contribution in [-0.2, 0) is 4.74 Å². The third-order valence-electron chi connectivity index (χ3n) is 3.52. The van der Waals surface area contributed by atoms with E-state index in [0.717, 1.165) is 0 Å². The lowest BCUT2D eigenvalue weighted by molar-refractivity contribution is 0.000161. The smallest absolute Gasteiger partial charge is 0.410 e. The zero-order valence-corrected chi connectivity index (χ0v) is 14.1. The van der Waals surface area contributed by atoms with Gasteiger partial charge in [0.25, 0.3) is 5.56 Å². The fourth-order valence-corrected chi connectivity index (χ4v) is 2.37. The van der Waals surface area contributed by atoms with E-state index < -0.39 is 17.0 Å². The van der Waals surface area contributed by atoms with Gasteiger partial charge in [-0.15, -0.1) is 0 Å². The lowest BCUT2D eigenvalue weighted by Gasteiger charge is -2.41. The van der Waals surface area contributed by atoms with Crippen LogP contribution in [0.3, 0.4) is 0 Å². The summed E-state index contributed by atoms with van der Waals surface area (Å²) >= 11 is 0. The number of aromatic amines is 1. The van der Waals surface area contributed by atoms with Crippen LogP contribution in [0.25, 0.3) is 0 Å². The van der Waals surface area contributed by atoms with Gasteiger partial charge in [-0.1, -0.05) is 0 Å². The molecule has 1 fully saturated rings. The average Bonchev–Trinajstić information content (AvgIpc) is 2.36.